The zero-order chi connectivity index (χ0) is 7.56. The average molecular weight is 137 g/mol. The molecule has 56 valence electrons. The van der Waals surface area contributed by atoms with Gasteiger partial charge in [0.1, 0.15) is 0 Å². The summed E-state index contributed by atoms with van der Waals surface area (Å²) in [4.78, 5) is 2.21. The van der Waals surface area contributed by atoms with Gasteiger partial charge in [0, 0.05) is 13.1 Å². The molecule has 1 rings (SSSR count). The van der Waals surface area contributed by atoms with Crippen LogP contribution in [0.2, 0.25) is 0 Å². The molecule has 0 bridgehead atoms. The number of allylic oxidation sites excluding steroid dienone is 2. The topological polar surface area (TPSA) is 3.24 Å². The summed E-state index contributed by atoms with van der Waals surface area (Å²) in [5.74, 6) is 0. The fourth-order valence-corrected chi connectivity index (χ4v) is 1.07. The Morgan fingerprint density at radius 3 is 2.80 bits per heavy atom. The van der Waals surface area contributed by atoms with Crippen molar-refractivity contribution in [2.75, 3.05) is 7.05 Å². The SMILES string of the molecule is CCC1=CC(C)N(C)C=C1. The van der Waals surface area contributed by atoms with Gasteiger partial charge in [0.05, 0.1) is 0 Å². The number of nitrogens with zero attached hydrogens (tertiary/aromatic N) is 1. The molecule has 1 unspecified atom stereocenters. The lowest BCUT2D eigenvalue weighted by Gasteiger charge is -2.24. The predicted molar refractivity (Wildman–Crippen MR) is 44.7 cm³/mol. The van der Waals surface area contributed by atoms with Gasteiger partial charge in [0.15, 0.2) is 0 Å². The Balaban J connectivity index is 2.66. The molecule has 1 aliphatic heterocycles. The van der Waals surface area contributed by atoms with E-state index in [1.165, 1.54) is 5.57 Å². The number of rotatable bonds is 1. The maximum absolute atomic E-state index is 2.31. The highest BCUT2D eigenvalue weighted by atomic mass is 15.1. The normalized spacial score (nSPS) is 24.9. The number of likely N-dealkylation sites (N-methyl/N-ethyl adjacent to an activating group) is 1. The molecule has 1 atom stereocenters. The molecule has 0 fully saturated rings. The highest BCUT2D eigenvalue weighted by Gasteiger charge is 2.05. The van der Waals surface area contributed by atoms with Crippen molar-refractivity contribution in [1.82, 2.24) is 4.90 Å². The van der Waals surface area contributed by atoms with Gasteiger partial charge in [0.25, 0.3) is 0 Å². The highest BCUT2D eigenvalue weighted by Crippen LogP contribution is 2.13. The van der Waals surface area contributed by atoms with E-state index in [9.17, 15) is 0 Å². The molecule has 0 N–H and O–H groups in total. The Morgan fingerprint density at radius 1 is 1.60 bits per heavy atom. The summed E-state index contributed by atoms with van der Waals surface area (Å²) in [5, 5.41) is 0. The van der Waals surface area contributed by atoms with Gasteiger partial charge >= 0.3 is 0 Å². The van der Waals surface area contributed by atoms with Crippen LogP contribution in [0.25, 0.3) is 0 Å². The van der Waals surface area contributed by atoms with E-state index in [-0.39, 0.29) is 0 Å². The molecule has 10 heavy (non-hydrogen) atoms. The minimum atomic E-state index is 0.569. The van der Waals surface area contributed by atoms with Crippen molar-refractivity contribution in [3.05, 3.63) is 23.9 Å². The Bertz CT molecular complexity index is 168. The molecular weight excluding hydrogens is 122 g/mol. The van der Waals surface area contributed by atoms with Crippen LogP contribution in [-0.2, 0) is 0 Å². The second kappa shape index (κ2) is 2.91. The van der Waals surface area contributed by atoms with Crippen molar-refractivity contribution >= 4 is 0 Å². The molecule has 0 aromatic rings. The largest absolute Gasteiger partial charge is 0.374 e. The summed E-state index contributed by atoms with van der Waals surface area (Å²) < 4.78 is 0. The summed E-state index contributed by atoms with van der Waals surface area (Å²) in [6.45, 7) is 4.40. The Labute approximate surface area is 63.0 Å². The first-order valence-electron chi connectivity index (χ1n) is 3.85. The number of hydrogen-bond acceptors (Lipinski definition) is 1. The number of hydrogen-bond donors (Lipinski definition) is 0. The zero-order valence-electron chi connectivity index (χ0n) is 6.96. The monoisotopic (exact) mass is 137 g/mol. The summed E-state index contributed by atoms with van der Waals surface area (Å²) in [5.41, 5.74) is 1.45. The second-order valence-electron chi connectivity index (χ2n) is 2.82. The lowest BCUT2D eigenvalue weighted by molar-refractivity contribution is 0.400. The molecule has 0 amide bonds. The summed E-state index contributed by atoms with van der Waals surface area (Å²) in [6.07, 6.45) is 7.78. The lowest BCUT2D eigenvalue weighted by atomic mass is 10.1. The highest BCUT2D eigenvalue weighted by molar-refractivity contribution is 5.23. The van der Waals surface area contributed by atoms with E-state index in [0.717, 1.165) is 6.42 Å². The van der Waals surface area contributed by atoms with Crippen molar-refractivity contribution in [3.63, 3.8) is 0 Å². The van der Waals surface area contributed by atoms with E-state index in [2.05, 4.69) is 44.1 Å². The summed E-state index contributed by atoms with van der Waals surface area (Å²) in [6, 6.07) is 0.569. The van der Waals surface area contributed by atoms with Crippen molar-refractivity contribution in [2.24, 2.45) is 0 Å². The van der Waals surface area contributed by atoms with E-state index in [1.807, 2.05) is 0 Å². The molecule has 0 saturated carbocycles. The van der Waals surface area contributed by atoms with E-state index in [4.69, 9.17) is 0 Å². The van der Waals surface area contributed by atoms with Gasteiger partial charge in [-0.1, -0.05) is 13.0 Å². The van der Waals surface area contributed by atoms with Gasteiger partial charge in [-0.05, 0) is 31.2 Å². The van der Waals surface area contributed by atoms with E-state index in [1.54, 1.807) is 0 Å². The van der Waals surface area contributed by atoms with Crippen molar-refractivity contribution < 1.29 is 0 Å². The van der Waals surface area contributed by atoms with Gasteiger partial charge in [0.2, 0.25) is 0 Å². The van der Waals surface area contributed by atoms with Crippen molar-refractivity contribution in [3.8, 4) is 0 Å². The first-order chi connectivity index (χ1) is 4.74. The first kappa shape index (κ1) is 7.39. The van der Waals surface area contributed by atoms with Crippen LogP contribution in [0.1, 0.15) is 20.3 Å². The average Bonchev–Trinajstić information content (AvgIpc) is 1.95. The van der Waals surface area contributed by atoms with Gasteiger partial charge in [-0.25, -0.2) is 0 Å². The first-order valence-corrected chi connectivity index (χ1v) is 3.85. The van der Waals surface area contributed by atoms with Crippen LogP contribution in [-0.4, -0.2) is 18.0 Å². The van der Waals surface area contributed by atoms with E-state index < -0.39 is 0 Å². The molecule has 0 aromatic carbocycles. The van der Waals surface area contributed by atoms with E-state index in [0.29, 0.717) is 6.04 Å². The molecular formula is C9H15N. The molecule has 0 radical (unpaired) electrons. The third-order valence-corrected chi connectivity index (χ3v) is 2.03. The molecule has 0 saturated heterocycles. The van der Waals surface area contributed by atoms with Crippen molar-refractivity contribution in [1.29, 1.82) is 0 Å². The van der Waals surface area contributed by atoms with Crippen LogP contribution in [0.4, 0.5) is 0 Å². The lowest BCUT2D eigenvalue weighted by Crippen LogP contribution is -2.24. The maximum atomic E-state index is 2.31. The van der Waals surface area contributed by atoms with Gasteiger partial charge < -0.3 is 4.90 Å². The van der Waals surface area contributed by atoms with Crippen LogP contribution >= 0.6 is 0 Å². The third-order valence-electron chi connectivity index (χ3n) is 2.03. The van der Waals surface area contributed by atoms with Crippen LogP contribution in [0.3, 0.4) is 0 Å². The zero-order valence-corrected chi connectivity index (χ0v) is 6.96. The molecule has 0 aliphatic carbocycles. The standard InChI is InChI=1S/C9H15N/c1-4-9-5-6-10(3)8(2)7-9/h5-8H,4H2,1-3H3. The molecule has 1 aliphatic rings. The van der Waals surface area contributed by atoms with Gasteiger partial charge in [-0.15, -0.1) is 0 Å². The van der Waals surface area contributed by atoms with Crippen LogP contribution in [0.5, 0.6) is 0 Å². The maximum Gasteiger partial charge on any atom is 0.0441 e. The molecule has 0 spiro atoms. The molecule has 1 nitrogen and oxygen atoms in total. The predicted octanol–water partition coefficient (Wildman–Crippen LogP) is 2.17. The summed E-state index contributed by atoms with van der Waals surface area (Å²) in [7, 11) is 2.10. The van der Waals surface area contributed by atoms with E-state index >= 15 is 0 Å². The van der Waals surface area contributed by atoms with Crippen molar-refractivity contribution in [2.45, 2.75) is 26.3 Å². The third kappa shape index (κ3) is 1.41. The van der Waals surface area contributed by atoms with Crippen LogP contribution < -0.4 is 0 Å². The van der Waals surface area contributed by atoms with Crippen LogP contribution in [0.15, 0.2) is 23.9 Å². The molecule has 1 heteroatoms. The fourth-order valence-electron chi connectivity index (χ4n) is 1.07. The quantitative estimate of drug-likeness (QED) is 0.535. The fraction of sp³-hybridized carbons (Fsp3) is 0.556. The van der Waals surface area contributed by atoms with Gasteiger partial charge in [-0.2, -0.15) is 0 Å². The van der Waals surface area contributed by atoms with Crippen LogP contribution in [0, 0.1) is 0 Å². The molecule has 0 aromatic heterocycles. The molecule has 1 heterocycles. The summed E-state index contributed by atoms with van der Waals surface area (Å²) >= 11 is 0. The Hall–Kier alpha value is -0.720. The smallest absolute Gasteiger partial charge is 0.0441 e. The van der Waals surface area contributed by atoms with Gasteiger partial charge in [-0.3, -0.25) is 0 Å². The Kier molecular flexibility index (Phi) is 2.15. The Morgan fingerprint density at radius 2 is 2.30 bits per heavy atom. The second-order valence-corrected chi connectivity index (χ2v) is 2.82. The minimum Gasteiger partial charge on any atom is -0.374 e. The minimum absolute atomic E-state index is 0.569.